The topological polar surface area (TPSA) is 76.7 Å². The number of hydrogen-bond donors (Lipinski definition) is 1. The van der Waals surface area contributed by atoms with Gasteiger partial charge >= 0.3 is 5.76 Å². The molecule has 2 aromatic heterocycles. The average molecular weight is 350 g/mol. The zero-order valence-electron chi connectivity index (χ0n) is 13.9. The van der Waals surface area contributed by atoms with Crippen LogP contribution in [0.3, 0.4) is 0 Å². The van der Waals surface area contributed by atoms with Crippen LogP contribution in [0, 0.1) is 5.82 Å². The lowest BCUT2D eigenvalue weighted by Crippen LogP contribution is -2.34. The van der Waals surface area contributed by atoms with Gasteiger partial charge in [-0.15, -0.1) is 5.10 Å². The Morgan fingerprint density at radius 2 is 1.77 bits per heavy atom. The molecule has 0 saturated carbocycles. The van der Waals surface area contributed by atoms with Crippen LogP contribution >= 0.6 is 0 Å². The Hall–Kier alpha value is -3.48. The van der Waals surface area contributed by atoms with Gasteiger partial charge in [-0.1, -0.05) is 42.5 Å². The summed E-state index contributed by atoms with van der Waals surface area (Å²) in [6, 6.07) is 15.4. The fraction of sp³-hybridized carbons (Fsp3) is 0.105. The summed E-state index contributed by atoms with van der Waals surface area (Å²) in [6.07, 6.45) is 3.45. The van der Waals surface area contributed by atoms with Crippen molar-refractivity contribution in [1.82, 2.24) is 19.7 Å². The van der Waals surface area contributed by atoms with Gasteiger partial charge in [-0.05, 0) is 23.3 Å². The van der Waals surface area contributed by atoms with Gasteiger partial charge in [0.25, 0.3) is 0 Å². The Kier molecular flexibility index (Phi) is 3.76. The first kappa shape index (κ1) is 16.0. The third kappa shape index (κ3) is 2.36. The quantitative estimate of drug-likeness (QED) is 0.614. The second-order valence-corrected chi connectivity index (χ2v) is 5.90. The van der Waals surface area contributed by atoms with Crippen LogP contribution in [0.2, 0.25) is 0 Å². The first-order valence-electron chi connectivity index (χ1n) is 7.97. The predicted octanol–water partition coefficient (Wildman–Crippen LogP) is 2.62. The predicted molar refractivity (Wildman–Crippen MR) is 92.2 cm³/mol. The van der Waals surface area contributed by atoms with E-state index >= 15 is 0 Å². The molecule has 7 heteroatoms. The number of rotatable bonds is 4. The fourth-order valence-corrected chi connectivity index (χ4v) is 3.27. The van der Waals surface area contributed by atoms with E-state index in [-0.39, 0.29) is 11.7 Å². The summed E-state index contributed by atoms with van der Waals surface area (Å²) in [5.41, 5.74) is 0.345. The van der Waals surface area contributed by atoms with E-state index in [4.69, 9.17) is 4.42 Å². The smallest absolute Gasteiger partial charge is 0.391 e. The molecule has 2 aromatic carbocycles. The van der Waals surface area contributed by atoms with Crippen LogP contribution in [0.4, 0.5) is 4.39 Å². The van der Waals surface area contributed by atoms with Crippen LogP contribution in [0.1, 0.15) is 22.8 Å². The number of benzene rings is 2. The van der Waals surface area contributed by atoms with Gasteiger partial charge < -0.3 is 8.98 Å². The SMILES string of the molecule is Cn1ccnc1C(c1ccccc1)(c1ccc(F)cc1)c1n[nH]c(=O)o1. The monoisotopic (exact) mass is 350 g/mol. The van der Waals surface area contributed by atoms with Crippen LogP contribution in [-0.2, 0) is 12.5 Å². The molecular weight excluding hydrogens is 335 g/mol. The van der Waals surface area contributed by atoms with Gasteiger partial charge in [-0.25, -0.2) is 19.3 Å². The molecule has 0 radical (unpaired) electrons. The largest absolute Gasteiger partial charge is 0.434 e. The molecule has 4 aromatic rings. The summed E-state index contributed by atoms with van der Waals surface area (Å²) in [6.45, 7) is 0. The van der Waals surface area contributed by atoms with Crippen molar-refractivity contribution in [3.05, 3.63) is 106 Å². The van der Waals surface area contributed by atoms with Crippen molar-refractivity contribution in [2.45, 2.75) is 5.41 Å². The Labute approximate surface area is 148 Å². The second-order valence-electron chi connectivity index (χ2n) is 5.90. The summed E-state index contributed by atoms with van der Waals surface area (Å²) in [5.74, 6) is -0.309. The summed E-state index contributed by atoms with van der Waals surface area (Å²) in [5, 5.41) is 6.43. The van der Waals surface area contributed by atoms with Gasteiger partial charge in [-0.3, -0.25) is 0 Å². The molecule has 2 heterocycles. The minimum absolute atomic E-state index is 0.134. The molecule has 0 aliphatic rings. The van der Waals surface area contributed by atoms with E-state index in [9.17, 15) is 9.18 Å². The summed E-state index contributed by atoms with van der Waals surface area (Å²) < 4.78 is 20.8. The van der Waals surface area contributed by atoms with Crippen LogP contribution in [0.5, 0.6) is 0 Å². The van der Waals surface area contributed by atoms with Crippen molar-refractivity contribution in [2.75, 3.05) is 0 Å². The highest BCUT2D eigenvalue weighted by Gasteiger charge is 2.46. The van der Waals surface area contributed by atoms with Gasteiger partial charge in [0.05, 0.1) is 0 Å². The van der Waals surface area contributed by atoms with E-state index in [1.54, 1.807) is 24.5 Å². The third-order valence-corrected chi connectivity index (χ3v) is 4.40. The van der Waals surface area contributed by atoms with Crippen molar-refractivity contribution in [3.8, 4) is 0 Å². The molecule has 130 valence electrons. The molecule has 26 heavy (non-hydrogen) atoms. The number of imidazole rings is 1. The van der Waals surface area contributed by atoms with Gasteiger partial charge in [0, 0.05) is 19.4 Å². The maximum absolute atomic E-state index is 13.6. The minimum atomic E-state index is -1.12. The molecule has 1 unspecified atom stereocenters. The van der Waals surface area contributed by atoms with E-state index in [0.29, 0.717) is 11.4 Å². The first-order valence-corrected chi connectivity index (χ1v) is 7.97. The number of halogens is 1. The van der Waals surface area contributed by atoms with Gasteiger partial charge in [-0.2, -0.15) is 0 Å². The van der Waals surface area contributed by atoms with Crippen LogP contribution < -0.4 is 5.76 Å². The molecule has 0 fully saturated rings. The van der Waals surface area contributed by atoms with E-state index < -0.39 is 11.2 Å². The lowest BCUT2D eigenvalue weighted by atomic mass is 9.73. The molecule has 0 aliphatic heterocycles. The van der Waals surface area contributed by atoms with Crippen molar-refractivity contribution >= 4 is 0 Å². The normalized spacial score (nSPS) is 13.5. The number of aromatic nitrogens is 4. The highest BCUT2D eigenvalue weighted by Crippen LogP contribution is 2.42. The lowest BCUT2D eigenvalue weighted by molar-refractivity contribution is 0.408. The Balaban J connectivity index is 2.15. The van der Waals surface area contributed by atoms with Gasteiger partial charge in [0.1, 0.15) is 11.6 Å². The molecule has 1 N–H and O–H groups in total. The third-order valence-electron chi connectivity index (χ3n) is 4.40. The van der Waals surface area contributed by atoms with Crippen molar-refractivity contribution in [2.24, 2.45) is 7.05 Å². The van der Waals surface area contributed by atoms with Crippen LogP contribution in [0.15, 0.2) is 76.2 Å². The zero-order valence-corrected chi connectivity index (χ0v) is 13.9. The minimum Gasteiger partial charge on any atom is -0.391 e. The van der Waals surface area contributed by atoms with Crippen molar-refractivity contribution in [3.63, 3.8) is 0 Å². The lowest BCUT2D eigenvalue weighted by Gasteiger charge is -2.31. The molecule has 0 aliphatic carbocycles. The van der Waals surface area contributed by atoms with Crippen LogP contribution in [0.25, 0.3) is 0 Å². The fourth-order valence-electron chi connectivity index (χ4n) is 3.27. The number of nitrogens with one attached hydrogen (secondary N) is 1. The first-order chi connectivity index (χ1) is 12.6. The molecule has 0 spiro atoms. The van der Waals surface area contributed by atoms with Crippen molar-refractivity contribution < 1.29 is 8.81 Å². The maximum Gasteiger partial charge on any atom is 0.434 e. The van der Waals surface area contributed by atoms with Crippen LogP contribution in [-0.4, -0.2) is 19.7 Å². The Morgan fingerprint density at radius 1 is 1.08 bits per heavy atom. The summed E-state index contributed by atoms with van der Waals surface area (Å²) in [4.78, 5) is 16.2. The molecule has 6 nitrogen and oxygen atoms in total. The zero-order chi connectivity index (χ0) is 18.1. The molecule has 0 bridgehead atoms. The van der Waals surface area contributed by atoms with Gasteiger partial charge in [0.15, 0.2) is 5.41 Å². The van der Waals surface area contributed by atoms with E-state index in [2.05, 4.69) is 15.2 Å². The number of aryl methyl sites for hydroxylation is 1. The summed E-state index contributed by atoms with van der Waals surface area (Å²) in [7, 11) is 1.84. The van der Waals surface area contributed by atoms with E-state index in [1.165, 1.54) is 12.1 Å². The number of H-pyrrole nitrogens is 1. The van der Waals surface area contributed by atoms with Crippen molar-refractivity contribution in [1.29, 1.82) is 0 Å². The second kappa shape index (κ2) is 6.11. The number of aromatic amines is 1. The highest BCUT2D eigenvalue weighted by atomic mass is 19.1. The molecule has 4 rings (SSSR count). The number of hydrogen-bond acceptors (Lipinski definition) is 4. The Bertz CT molecular complexity index is 1080. The molecular formula is C19H15FN4O2. The average Bonchev–Trinajstić information content (AvgIpc) is 3.28. The highest BCUT2D eigenvalue weighted by molar-refractivity contribution is 5.52. The maximum atomic E-state index is 13.6. The molecule has 0 saturated heterocycles. The Morgan fingerprint density at radius 3 is 2.35 bits per heavy atom. The standard InChI is InChI=1S/C19H15FN4O2/c1-24-12-11-21-16(24)19(13-5-3-2-4-6-13,17-22-23-18(25)26-17)14-7-9-15(20)10-8-14/h2-12H,1H3,(H,23,25). The van der Waals surface area contributed by atoms with E-state index in [0.717, 1.165) is 5.56 Å². The molecule has 0 amide bonds. The molecule has 1 atom stereocenters. The summed E-state index contributed by atoms with van der Waals surface area (Å²) >= 11 is 0. The van der Waals surface area contributed by atoms with E-state index in [1.807, 2.05) is 41.9 Å². The van der Waals surface area contributed by atoms with Gasteiger partial charge in [0.2, 0.25) is 5.89 Å². The number of nitrogens with zero attached hydrogens (tertiary/aromatic N) is 3.